The van der Waals surface area contributed by atoms with Crippen LogP contribution in [0, 0.1) is 11.8 Å². The first-order chi connectivity index (χ1) is 15.9. The topological polar surface area (TPSA) is 88.2 Å². The van der Waals surface area contributed by atoms with Gasteiger partial charge >= 0.3 is 0 Å². The van der Waals surface area contributed by atoms with Crippen molar-refractivity contribution < 1.29 is 23.9 Å². The molecule has 0 saturated carbocycles. The molecule has 0 radical (unpaired) electrons. The van der Waals surface area contributed by atoms with Crippen molar-refractivity contribution in [3.05, 3.63) is 42.0 Å². The Balaban J connectivity index is 1.83. The fourth-order valence-corrected chi connectivity index (χ4v) is 4.41. The molecule has 2 aliphatic heterocycles. The molecule has 1 aromatic rings. The number of nitrogens with zero attached hydrogens (tertiary/aromatic N) is 2. The average Bonchev–Trinajstić information content (AvgIpc) is 2.77. The molecular formula is C25H35N3O5. The molecule has 2 bridgehead atoms. The highest BCUT2D eigenvalue weighted by molar-refractivity contribution is 5.85. The fraction of sp³-hybridized carbons (Fsp3) is 0.560. The number of para-hydroxylation sites is 1. The lowest BCUT2D eigenvalue weighted by molar-refractivity contribution is -0.144. The van der Waals surface area contributed by atoms with E-state index in [0.717, 1.165) is 12.0 Å². The molecule has 2 atom stereocenters. The molecule has 1 saturated heterocycles. The zero-order valence-electron chi connectivity index (χ0n) is 19.8. The second-order valence-corrected chi connectivity index (χ2v) is 9.01. The van der Waals surface area contributed by atoms with Crippen LogP contribution in [0.1, 0.15) is 32.3 Å². The molecule has 0 aromatic heterocycles. The van der Waals surface area contributed by atoms with E-state index in [0.29, 0.717) is 31.9 Å². The quantitative estimate of drug-likeness (QED) is 0.684. The molecule has 1 aromatic carbocycles. The number of methoxy groups -OCH3 is 1. The summed E-state index contributed by atoms with van der Waals surface area (Å²) in [6, 6.07) is 7.64. The van der Waals surface area contributed by atoms with Crippen LogP contribution < -0.4 is 10.1 Å². The van der Waals surface area contributed by atoms with Gasteiger partial charge in [-0.2, -0.15) is 0 Å². The highest BCUT2D eigenvalue weighted by Crippen LogP contribution is 2.29. The van der Waals surface area contributed by atoms with Gasteiger partial charge in [0.05, 0.1) is 0 Å². The number of nitrogens with one attached hydrogen (secondary N) is 1. The highest BCUT2D eigenvalue weighted by atomic mass is 16.5. The van der Waals surface area contributed by atoms with Gasteiger partial charge in [-0.1, -0.05) is 30.4 Å². The Hall–Kier alpha value is -2.87. The Morgan fingerprint density at radius 1 is 1.24 bits per heavy atom. The third-order valence-corrected chi connectivity index (χ3v) is 6.06. The first kappa shape index (κ1) is 24.8. The van der Waals surface area contributed by atoms with Crippen molar-refractivity contribution in [2.75, 3.05) is 40.0 Å². The van der Waals surface area contributed by atoms with Crippen molar-refractivity contribution in [1.29, 1.82) is 0 Å². The molecule has 1 fully saturated rings. The van der Waals surface area contributed by atoms with Gasteiger partial charge in [-0.3, -0.25) is 14.4 Å². The highest BCUT2D eigenvalue weighted by Gasteiger charge is 2.32. The normalized spacial score (nSPS) is 22.4. The summed E-state index contributed by atoms with van der Waals surface area (Å²) >= 11 is 0. The summed E-state index contributed by atoms with van der Waals surface area (Å²) in [5, 5.41) is 2.97. The van der Waals surface area contributed by atoms with Gasteiger partial charge in [0.1, 0.15) is 25.5 Å². The Kier molecular flexibility index (Phi) is 8.88. The molecule has 8 nitrogen and oxygen atoms in total. The van der Waals surface area contributed by atoms with Gasteiger partial charge in [0.2, 0.25) is 17.7 Å². The number of benzene rings is 1. The first-order valence-electron chi connectivity index (χ1n) is 11.6. The van der Waals surface area contributed by atoms with Crippen LogP contribution in [-0.2, 0) is 25.7 Å². The van der Waals surface area contributed by atoms with Gasteiger partial charge in [0.15, 0.2) is 0 Å². The van der Waals surface area contributed by atoms with Crippen LogP contribution in [-0.4, -0.2) is 73.5 Å². The average molecular weight is 458 g/mol. The molecule has 0 unspecified atom stereocenters. The molecule has 2 aliphatic rings. The maximum Gasteiger partial charge on any atom is 0.249 e. The summed E-state index contributed by atoms with van der Waals surface area (Å²) < 4.78 is 11.0. The molecular weight excluding hydrogens is 422 g/mol. The standard InChI is InChI=1S/C25H35N3O5/c1-18(2)26-23(29)13-19-10-11-27-14-20(19)8-6-12-33-22-9-5-4-7-21(22)15-28(16-24(27)30)25(31)17-32-3/h4-9,18-20H,10-17H2,1-3H3,(H,26,29)/b8-6+/t19-,20-/m0/s1. The van der Waals surface area contributed by atoms with E-state index in [4.69, 9.17) is 9.47 Å². The van der Waals surface area contributed by atoms with Crippen molar-refractivity contribution in [3.8, 4) is 5.75 Å². The van der Waals surface area contributed by atoms with Gasteiger partial charge < -0.3 is 24.6 Å². The minimum atomic E-state index is -0.245. The van der Waals surface area contributed by atoms with Gasteiger partial charge in [-0.05, 0) is 38.2 Å². The maximum absolute atomic E-state index is 13.2. The molecule has 3 rings (SSSR count). The number of rotatable bonds is 5. The molecule has 8 heteroatoms. The predicted molar refractivity (Wildman–Crippen MR) is 124 cm³/mol. The smallest absolute Gasteiger partial charge is 0.249 e. The molecule has 180 valence electrons. The summed E-state index contributed by atoms with van der Waals surface area (Å²) in [6.45, 7) is 5.52. The van der Waals surface area contributed by atoms with Crippen molar-refractivity contribution in [2.24, 2.45) is 11.8 Å². The fourth-order valence-electron chi connectivity index (χ4n) is 4.41. The number of piperidine rings is 1. The van der Waals surface area contributed by atoms with Crippen LogP contribution in [0.5, 0.6) is 5.75 Å². The lowest BCUT2D eigenvalue weighted by Gasteiger charge is -2.38. The second-order valence-electron chi connectivity index (χ2n) is 9.01. The summed E-state index contributed by atoms with van der Waals surface area (Å²) in [7, 11) is 1.47. The first-order valence-corrected chi connectivity index (χ1v) is 11.6. The van der Waals surface area contributed by atoms with Crippen LogP contribution in [0.2, 0.25) is 0 Å². The van der Waals surface area contributed by atoms with Gasteiger partial charge in [0.25, 0.3) is 0 Å². The van der Waals surface area contributed by atoms with E-state index >= 15 is 0 Å². The lowest BCUT2D eigenvalue weighted by atomic mass is 9.82. The molecule has 2 heterocycles. The van der Waals surface area contributed by atoms with E-state index in [1.807, 2.05) is 49.1 Å². The summed E-state index contributed by atoms with van der Waals surface area (Å²) in [4.78, 5) is 41.6. The van der Waals surface area contributed by atoms with E-state index in [-0.39, 0.29) is 55.3 Å². The van der Waals surface area contributed by atoms with Crippen LogP contribution in [0.15, 0.2) is 36.4 Å². The molecule has 0 spiro atoms. The van der Waals surface area contributed by atoms with Crippen molar-refractivity contribution in [3.63, 3.8) is 0 Å². The van der Waals surface area contributed by atoms with E-state index in [9.17, 15) is 14.4 Å². The molecule has 1 N–H and O–H groups in total. The molecule has 0 aliphatic carbocycles. The largest absolute Gasteiger partial charge is 0.489 e. The van der Waals surface area contributed by atoms with Gasteiger partial charge in [0, 0.05) is 44.8 Å². The SMILES string of the molecule is COCC(=O)N1CC(=O)N2CC[C@@H](CC(=O)NC(C)C)[C@@H](/C=C/COc3ccccc3C1)C2. The van der Waals surface area contributed by atoms with Crippen LogP contribution in [0.4, 0.5) is 0 Å². The van der Waals surface area contributed by atoms with Crippen molar-refractivity contribution >= 4 is 17.7 Å². The predicted octanol–water partition coefficient (Wildman–Crippen LogP) is 1.99. The molecule has 33 heavy (non-hydrogen) atoms. The molecule has 3 amide bonds. The van der Waals surface area contributed by atoms with Crippen molar-refractivity contribution in [2.45, 2.75) is 39.3 Å². The third-order valence-electron chi connectivity index (χ3n) is 6.06. The maximum atomic E-state index is 13.2. The van der Waals surface area contributed by atoms with Gasteiger partial charge in [-0.15, -0.1) is 0 Å². The number of fused-ring (bicyclic) bond motifs is 3. The van der Waals surface area contributed by atoms with E-state index in [1.165, 1.54) is 12.0 Å². The number of carbonyl (C=O) groups excluding carboxylic acids is 3. The monoisotopic (exact) mass is 457 g/mol. The Morgan fingerprint density at radius 2 is 2.03 bits per heavy atom. The minimum absolute atomic E-state index is 0.0224. The van der Waals surface area contributed by atoms with E-state index < -0.39 is 0 Å². The Bertz CT molecular complexity index is 869. The summed E-state index contributed by atoms with van der Waals surface area (Å²) in [5.74, 6) is 0.565. The van der Waals surface area contributed by atoms with Crippen LogP contribution >= 0.6 is 0 Å². The van der Waals surface area contributed by atoms with Crippen LogP contribution in [0.3, 0.4) is 0 Å². The number of hydrogen-bond donors (Lipinski definition) is 1. The second kappa shape index (κ2) is 11.8. The van der Waals surface area contributed by atoms with Gasteiger partial charge in [-0.25, -0.2) is 0 Å². The third kappa shape index (κ3) is 7.05. The minimum Gasteiger partial charge on any atom is -0.489 e. The number of amides is 3. The summed E-state index contributed by atoms with van der Waals surface area (Å²) in [6.07, 6.45) is 5.20. The number of ether oxygens (including phenoxy) is 2. The zero-order chi connectivity index (χ0) is 23.8. The van der Waals surface area contributed by atoms with Crippen LogP contribution in [0.25, 0.3) is 0 Å². The Labute approximate surface area is 195 Å². The zero-order valence-corrected chi connectivity index (χ0v) is 19.8. The lowest BCUT2D eigenvalue weighted by Crippen LogP contribution is -2.49. The van der Waals surface area contributed by atoms with E-state index in [1.54, 1.807) is 0 Å². The number of hydrogen-bond acceptors (Lipinski definition) is 5. The van der Waals surface area contributed by atoms with E-state index in [2.05, 4.69) is 11.4 Å². The summed E-state index contributed by atoms with van der Waals surface area (Å²) in [5.41, 5.74) is 0.837. The number of carbonyl (C=O) groups is 3. The van der Waals surface area contributed by atoms with Crippen molar-refractivity contribution in [1.82, 2.24) is 15.1 Å². The Morgan fingerprint density at radius 3 is 2.79 bits per heavy atom.